The standard InChI is InChI=1S/C8H14O2/c1-6-4-10-5-7(2)8(6)3-9/h3,6-8H,4-5H2,1-2H3. The van der Waals surface area contributed by atoms with Crippen LogP contribution in [0.3, 0.4) is 0 Å². The molecule has 1 saturated heterocycles. The Hall–Kier alpha value is -0.370. The molecule has 0 bridgehead atoms. The maximum Gasteiger partial charge on any atom is 0.123 e. The summed E-state index contributed by atoms with van der Waals surface area (Å²) in [6.07, 6.45) is 1.07. The molecule has 0 aliphatic carbocycles. The van der Waals surface area contributed by atoms with Crippen LogP contribution < -0.4 is 0 Å². The molecule has 0 aromatic rings. The van der Waals surface area contributed by atoms with Gasteiger partial charge in [0.05, 0.1) is 0 Å². The summed E-state index contributed by atoms with van der Waals surface area (Å²) in [5.41, 5.74) is 0. The molecule has 2 heteroatoms. The lowest BCUT2D eigenvalue weighted by Gasteiger charge is -2.30. The predicted molar refractivity (Wildman–Crippen MR) is 38.7 cm³/mol. The average Bonchev–Trinajstić information content (AvgIpc) is 1.88. The highest BCUT2D eigenvalue weighted by Gasteiger charge is 2.27. The first-order chi connectivity index (χ1) is 4.75. The first kappa shape index (κ1) is 7.73. The summed E-state index contributed by atoms with van der Waals surface area (Å²) in [5.74, 6) is 1.02. The fourth-order valence-electron chi connectivity index (χ4n) is 1.49. The van der Waals surface area contributed by atoms with E-state index in [1.807, 2.05) is 0 Å². The molecule has 10 heavy (non-hydrogen) atoms. The van der Waals surface area contributed by atoms with Crippen molar-refractivity contribution < 1.29 is 9.53 Å². The molecule has 0 N–H and O–H groups in total. The normalized spacial score (nSPS) is 41.2. The Kier molecular flexibility index (Phi) is 2.44. The highest BCUT2D eigenvalue weighted by Crippen LogP contribution is 2.24. The van der Waals surface area contributed by atoms with E-state index in [4.69, 9.17) is 4.74 Å². The van der Waals surface area contributed by atoms with Crippen molar-refractivity contribution in [1.82, 2.24) is 0 Å². The fraction of sp³-hybridized carbons (Fsp3) is 0.875. The van der Waals surface area contributed by atoms with Crippen LogP contribution >= 0.6 is 0 Å². The van der Waals surface area contributed by atoms with Crippen LogP contribution in [0, 0.1) is 17.8 Å². The van der Waals surface area contributed by atoms with Gasteiger partial charge >= 0.3 is 0 Å². The second-order valence-corrected chi connectivity index (χ2v) is 3.21. The molecule has 0 aromatic carbocycles. The van der Waals surface area contributed by atoms with Gasteiger partial charge in [-0.15, -0.1) is 0 Å². The van der Waals surface area contributed by atoms with Gasteiger partial charge in [-0.05, 0) is 11.8 Å². The topological polar surface area (TPSA) is 26.3 Å². The monoisotopic (exact) mass is 142 g/mol. The van der Waals surface area contributed by atoms with E-state index >= 15 is 0 Å². The Morgan fingerprint density at radius 2 is 1.80 bits per heavy atom. The van der Waals surface area contributed by atoms with Crippen molar-refractivity contribution in [2.24, 2.45) is 17.8 Å². The third kappa shape index (κ3) is 1.37. The Morgan fingerprint density at radius 1 is 1.30 bits per heavy atom. The van der Waals surface area contributed by atoms with Crippen molar-refractivity contribution in [3.8, 4) is 0 Å². The molecule has 0 spiro atoms. The summed E-state index contributed by atoms with van der Waals surface area (Å²) in [6, 6.07) is 0. The maximum atomic E-state index is 10.5. The van der Waals surface area contributed by atoms with Gasteiger partial charge in [0.15, 0.2) is 0 Å². The first-order valence-corrected chi connectivity index (χ1v) is 3.78. The van der Waals surface area contributed by atoms with E-state index < -0.39 is 0 Å². The summed E-state index contributed by atoms with van der Waals surface area (Å²) in [7, 11) is 0. The van der Waals surface area contributed by atoms with Crippen LogP contribution in [-0.2, 0) is 9.53 Å². The molecule has 2 unspecified atom stereocenters. The summed E-state index contributed by atoms with van der Waals surface area (Å²) in [4.78, 5) is 10.5. The lowest BCUT2D eigenvalue weighted by atomic mass is 9.84. The van der Waals surface area contributed by atoms with Crippen LogP contribution in [-0.4, -0.2) is 19.5 Å². The summed E-state index contributed by atoms with van der Waals surface area (Å²) < 4.78 is 5.27. The highest BCUT2D eigenvalue weighted by molar-refractivity contribution is 5.54. The number of hydrogen-bond donors (Lipinski definition) is 0. The molecule has 2 nitrogen and oxygen atoms in total. The summed E-state index contributed by atoms with van der Waals surface area (Å²) in [5, 5.41) is 0. The van der Waals surface area contributed by atoms with Crippen LogP contribution in [0.1, 0.15) is 13.8 Å². The minimum Gasteiger partial charge on any atom is -0.381 e. The van der Waals surface area contributed by atoms with E-state index in [1.54, 1.807) is 0 Å². The Labute approximate surface area is 61.6 Å². The van der Waals surface area contributed by atoms with Gasteiger partial charge in [0.25, 0.3) is 0 Å². The maximum absolute atomic E-state index is 10.5. The zero-order valence-electron chi connectivity index (χ0n) is 6.54. The van der Waals surface area contributed by atoms with Gasteiger partial charge in [-0.2, -0.15) is 0 Å². The molecular formula is C8H14O2. The SMILES string of the molecule is CC1COCC(C)C1C=O. The lowest BCUT2D eigenvalue weighted by molar-refractivity contribution is -0.119. The fourth-order valence-corrected chi connectivity index (χ4v) is 1.49. The van der Waals surface area contributed by atoms with Crippen LogP contribution in [0.25, 0.3) is 0 Å². The van der Waals surface area contributed by atoms with Crippen molar-refractivity contribution in [2.45, 2.75) is 13.8 Å². The Bertz CT molecular complexity index is 112. The molecule has 1 aliphatic rings. The quantitative estimate of drug-likeness (QED) is 0.512. The molecule has 2 atom stereocenters. The number of aldehydes is 1. The van der Waals surface area contributed by atoms with E-state index in [0.29, 0.717) is 11.8 Å². The van der Waals surface area contributed by atoms with Gasteiger partial charge in [-0.1, -0.05) is 13.8 Å². The minimum atomic E-state index is 0.216. The van der Waals surface area contributed by atoms with Crippen LogP contribution in [0.5, 0.6) is 0 Å². The molecule has 1 heterocycles. The van der Waals surface area contributed by atoms with Crippen molar-refractivity contribution in [3.05, 3.63) is 0 Å². The van der Waals surface area contributed by atoms with Crippen LogP contribution in [0.15, 0.2) is 0 Å². The van der Waals surface area contributed by atoms with Crippen molar-refractivity contribution in [1.29, 1.82) is 0 Å². The van der Waals surface area contributed by atoms with Crippen LogP contribution in [0.4, 0.5) is 0 Å². The van der Waals surface area contributed by atoms with Gasteiger partial charge in [0, 0.05) is 19.1 Å². The van der Waals surface area contributed by atoms with Gasteiger partial charge in [0.1, 0.15) is 6.29 Å². The molecular weight excluding hydrogens is 128 g/mol. The van der Waals surface area contributed by atoms with Gasteiger partial charge in [-0.3, -0.25) is 0 Å². The molecule has 0 amide bonds. The zero-order valence-corrected chi connectivity index (χ0v) is 6.54. The number of carbonyl (C=O) groups excluding carboxylic acids is 1. The highest BCUT2D eigenvalue weighted by atomic mass is 16.5. The zero-order chi connectivity index (χ0) is 7.56. The third-order valence-corrected chi connectivity index (χ3v) is 2.23. The number of ether oxygens (including phenoxy) is 1. The second kappa shape index (κ2) is 3.15. The van der Waals surface area contributed by atoms with E-state index in [0.717, 1.165) is 19.5 Å². The summed E-state index contributed by atoms with van der Waals surface area (Å²) in [6.45, 7) is 5.62. The Morgan fingerprint density at radius 3 is 2.10 bits per heavy atom. The molecule has 1 fully saturated rings. The van der Waals surface area contributed by atoms with E-state index in [2.05, 4.69) is 13.8 Å². The van der Waals surface area contributed by atoms with E-state index in [9.17, 15) is 4.79 Å². The van der Waals surface area contributed by atoms with Crippen molar-refractivity contribution in [3.63, 3.8) is 0 Å². The minimum absolute atomic E-state index is 0.216. The lowest BCUT2D eigenvalue weighted by Crippen LogP contribution is -2.33. The smallest absolute Gasteiger partial charge is 0.123 e. The molecule has 1 rings (SSSR count). The molecule has 0 aromatic heterocycles. The number of hydrogen-bond acceptors (Lipinski definition) is 2. The van der Waals surface area contributed by atoms with Gasteiger partial charge < -0.3 is 9.53 Å². The van der Waals surface area contributed by atoms with Gasteiger partial charge in [0.2, 0.25) is 0 Å². The molecule has 1 aliphatic heterocycles. The van der Waals surface area contributed by atoms with Gasteiger partial charge in [-0.25, -0.2) is 0 Å². The van der Waals surface area contributed by atoms with E-state index in [-0.39, 0.29) is 5.92 Å². The van der Waals surface area contributed by atoms with Crippen molar-refractivity contribution >= 4 is 6.29 Å². The molecule has 0 saturated carbocycles. The van der Waals surface area contributed by atoms with Crippen molar-refractivity contribution in [2.75, 3.05) is 13.2 Å². The number of rotatable bonds is 1. The Balaban J connectivity index is 2.53. The second-order valence-electron chi connectivity index (χ2n) is 3.21. The molecule has 58 valence electrons. The number of carbonyl (C=O) groups is 1. The molecule has 0 radical (unpaired) electrons. The first-order valence-electron chi connectivity index (χ1n) is 3.78. The van der Waals surface area contributed by atoms with Crippen LogP contribution in [0.2, 0.25) is 0 Å². The summed E-state index contributed by atoms with van der Waals surface area (Å²) >= 11 is 0. The van der Waals surface area contributed by atoms with E-state index in [1.165, 1.54) is 0 Å². The third-order valence-electron chi connectivity index (χ3n) is 2.23. The largest absolute Gasteiger partial charge is 0.381 e. The average molecular weight is 142 g/mol. The predicted octanol–water partition coefficient (Wildman–Crippen LogP) is 1.10.